The van der Waals surface area contributed by atoms with E-state index < -0.39 is 0 Å². The second kappa shape index (κ2) is 4.66. The predicted molar refractivity (Wildman–Crippen MR) is 57.6 cm³/mol. The molecule has 13 heavy (non-hydrogen) atoms. The summed E-state index contributed by atoms with van der Waals surface area (Å²) in [5, 5.41) is 3.41. The van der Waals surface area contributed by atoms with Crippen LogP contribution in [0.5, 0.6) is 0 Å². The van der Waals surface area contributed by atoms with Crippen LogP contribution >= 0.6 is 0 Å². The van der Waals surface area contributed by atoms with E-state index in [1.165, 1.54) is 31.6 Å². The van der Waals surface area contributed by atoms with Gasteiger partial charge in [0, 0.05) is 24.2 Å². The normalized spacial score (nSPS) is 24.8. The first-order valence-corrected chi connectivity index (χ1v) is 5.23. The Morgan fingerprint density at radius 3 is 2.77 bits per heavy atom. The number of piperidine rings is 1. The Kier molecular flexibility index (Phi) is 3.79. The fourth-order valence-corrected chi connectivity index (χ4v) is 1.94. The molecule has 1 heterocycles. The molecule has 1 N–H and O–H groups in total. The molecule has 1 saturated heterocycles. The summed E-state index contributed by atoms with van der Waals surface area (Å²) in [6.45, 7) is 10.9. The highest BCUT2D eigenvalue weighted by atomic mass is 15.1. The average Bonchev–Trinajstić information content (AvgIpc) is 2.03. The van der Waals surface area contributed by atoms with Crippen molar-refractivity contribution in [2.45, 2.75) is 32.7 Å². The highest BCUT2D eigenvalue weighted by Gasteiger charge is 2.19. The van der Waals surface area contributed by atoms with E-state index in [4.69, 9.17) is 0 Å². The summed E-state index contributed by atoms with van der Waals surface area (Å²) >= 11 is 0. The average molecular weight is 182 g/mol. The molecule has 2 heteroatoms. The highest BCUT2D eigenvalue weighted by Crippen LogP contribution is 2.20. The van der Waals surface area contributed by atoms with Crippen molar-refractivity contribution >= 4 is 0 Å². The fraction of sp³-hybridized carbons (Fsp3) is 0.818. The third-order valence-corrected chi connectivity index (χ3v) is 2.59. The zero-order valence-corrected chi connectivity index (χ0v) is 9.14. The molecule has 1 atom stereocenters. The molecule has 2 nitrogen and oxygen atoms in total. The van der Waals surface area contributed by atoms with Crippen LogP contribution < -0.4 is 5.32 Å². The number of nitrogens with zero attached hydrogens (tertiary/aromatic N) is 1. The van der Waals surface area contributed by atoms with Crippen LogP contribution in [-0.4, -0.2) is 31.1 Å². The summed E-state index contributed by atoms with van der Waals surface area (Å²) < 4.78 is 0. The van der Waals surface area contributed by atoms with E-state index in [2.05, 4.69) is 37.7 Å². The van der Waals surface area contributed by atoms with E-state index in [0.717, 1.165) is 0 Å². The minimum absolute atomic E-state index is 0.514. The zero-order chi connectivity index (χ0) is 9.84. The van der Waals surface area contributed by atoms with E-state index in [1.807, 2.05) is 0 Å². The molecule has 1 rings (SSSR count). The molecular formula is C11H22N2. The second-order valence-corrected chi connectivity index (χ2v) is 4.43. The van der Waals surface area contributed by atoms with Gasteiger partial charge in [0.1, 0.15) is 0 Å². The van der Waals surface area contributed by atoms with Crippen LogP contribution in [0, 0.1) is 5.92 Å². The SMILES string of the molecule is C=C(NC(C)C)C1CCCN(C)C1. The van der Waals surface area contributed by atoms with E-state index in [9.17, 15) is 0 Å². The van der Waals surface area contributed by atoms with Gasteiger partial charge in [-0.05, 0) is 40.3 Å². The van der Waals surface area contributed by atoms with Crippen LogP contribution in [-0.2, 0) is 0 Å². The molecule has 1 aliphatic heterocycles. The van der Waals surface area contributed by atoms with Crippen LogP contribution in [0.4, 0.5) is 0 Å². The lowest BCUT2D eigenvalue weighted by Gasteiger charge is -2.32. The summed E-state index contributed by atoms with van der Waals surface area (Å²) in [4.78, 5) is 2.39. The van der Waals surface area contributed by atoms with Gasteiger partial charge in [0.15, 0.2) is 0 Å². The van der Waals surface area contributed by atoms with Crippen molar-refractivity contribution < 1.29 is 0 Å². The van der Waals surface area contributed by atoms with E-state index in [-0.39, 0.29) is 0 Å². The quantitative estimate of drug-likeness (QED) is 0.716. The van der Waals surface area contributed by atoms with Gasteiger partial charge in [-0.2, -0.15) is 0 Å². The fourth-order valence-electron chi connectivity index (χ4n) is 1.94. The summed E-state index contributed by atoms with van der Waals surface area (Å²) in [7, 11) is 2.19. The van der Waals surface area contributed by atoms with Gasteiger partial charge in [0.05, 0.1) is 0 Å². The molecule has 0 aliphatic carbocycles. The Hall–Kier alpha value is -0.500. The smallest absolute Gasteiger partial charge is 0.0201 e. The molecule has 0 radical (unpaired) electrons. The van der Waals surface area contributed by atoms with Crippen molar-refractivity contribution in [2.75, 3.05) is 20.1 Å². The molecule has 0 saturated carbocycles. The Morgan fingerprint density at radius 2 is 2.23 bits per heavy atom. The van der Waals surface area contributed by atoms with E-state index in [1.54, 1.807) is 0 Å². The largest absolute Gasteiger partial charge is 0.386 e. The molecule has 76 valence electrons. The van der Waals surface area contributed by atoms with Gasteiger partial charge in [0.25, 0.3) is 0 Å². The van der Waals surface area contributed by atoms with Gasteiger partial charge in [-0.3, -0.25) is 0 Å². The maximum atomic E-state index is 4.12. The van der Waals surface area contributed by atoms with Gasteiger partial charge >= 0.3 is 0 Å². The molecule has 1 unspecified atom stereocenters. The summed E-state index contributed by atoms with van der Waals surface area (Å²) in [5.74, 6) is 0.654. The minimum Gasteiger partial charge on any atom is -0.386 e. The van der Waals surface area contributed by atoms with Crippen LogP contribution in [0.25, 0.3) is 0 Å². The molecule has 1 aliphatic rings. The highest BCUT2D eigenvalue weighted by molar-refractivity contribution is 5.01. The lowest BCUT2D eigenvalue weighted by atomic mass is 9.95. The summed E-state index contributed by atoms with van der Waals surface area (Å²) in [6, 6.07) is 0.514. The Balaban J connectivity index is 2.37. The molecule has 0 aromatic rings. The van der Waals surface area contributed by atoms with Gasteiger partial charge in [-0.15, -0.1) is 0 Å². The van der Waals surface area contributed by atoms with Crippen LogP contribution in [0.2, 0.25) is 0 Å². The summed E-state index contributed by atoms with van der Waals surface area (Å²) in [5.41, 5.74) is 1.22. The maximum absolute atomic E-state index is 4.12. The maximum Gasteiger partial charge on any atom is 0.0201 e. The number of hydrogen-bond donors (Lipinski definition) is 1. The monoisotopic (exact) mass is 182 g/mol. The molecule has 0 aromatic heterocycles. The first kappa shape index (κ1) is 10.6. The zero-order valence-electron chi connectivity index (χ0n) is 9.14. The van der Waals surface area contributed by atoms with Crippen LogP contribution in [0.1, 0.15) is 26.7 Å². The van der Waals surface area contributed by atoms with Gasteiger partial charge in [-0.25, -0.2) is 0 Å². The Labute approximate surface area is 82.0 Å². The Morgan fingerprint density at radius 1 is 1.54 bits per heavy atom. The first-order valence-electron chi connectivity index (χ1n) is 5.23. The molecule has 0 bridgehead atoms. The number of hydrogen-bond acceptors (Lipinski definition) is 2. The molecule has 0 aromatic carbocycles. The van der Waals surface area contributed by atoms with Crippen LogP contribution in [0.3, 0.4) is 0 Å². The number of likely N-dealkylation sites (tertiary alicyclic amines) is 1. The second-order valence-electron chi connectivity index (χ2n) is 4.43. The molecule has 1 fully saturated rings. The van der Waals surface area contributed by atoms with Gasteiger partial charge in [-0.1, -0.05) is 6.58 Å². The van der Waals surface area contributed by atoms with Crippen molar-refractivity contribution in [1.82, 2.24) is 10.2 Å². The summed E-state index contributed by atoms with van der Waals surface area (Å²) in [6.07, 6.45) is 2.60. The van der Waals surface area contributed by atoms with Crippen molar-refractivity contribution in [2.24, 2.45) is 5.92 Å². The van der Waals surface area contributed by atoms with E-state index in [0.29, 0.717) is 12.0 Å². The predicted octanol–water partition coefficient (Wildman–Crippen LogP) is 1.84. The van der Waals surface area contributed by atoms with Crippen molar-refractivity contribution in [3.63, 3.8) is 0 Å². The third kappa shape index (κ3) is 3.39. The molecule has 0 spiro atoms. The Bertz CT molecular complexity index is 175. The van der Waals surface area contributed by atoms with Crippen molar-refractivity contribution in [3.05, 3.63) is 12.3 Å². The number of nitrogens with one attached hydrogen (secondary N) is 1. The molecular weight excluding hydrogens is 160 g/mol. The van der Waals surface area contributed by atoms with E-state index >= 15 is 0 Å². The lowest BCUT2D eigenvalue weighted by Crippen LogP contribution is -2.37. The standard InChI is InChI=1S/C11H22N2/c1-9(2)12-10(3)11-6-5-7-13(4)8-11/h9,11-12H,3,5-8H2,1-2,4H3. The lowest BCUT2D eigenvalue weighted by molar-refractivity contribution is 0.224. The van der Waals surface area contributed by atoms with Gasteiger partial charge < -0.3 is 10.2 Å². The van der Waals surface area contributed by atoms with Crippen LogP contribution in [0.15, 0.2) is 12.3 Å². The van der Waals surface area contributed by atoms with Crippen molar-refractivity contribution in [1.29, 1.82) is 0 Å². The molecule has 0 amide bonds. The first-order chi connectivity index (χ1) is 6.09. The topological polar surface area (TPSA) is 15.3 Å². The number of rotatable bonds is 3. The van der Waals surface area contributed by atoms with Gasteiger partial charge in [0.2, 0.25) is 0 Å². The van der Waals surface area contributed by atoms with Crippen molar-refractivity contribution in [3.8, 4) is 0 Å². The third-order valence-electron chi connectivity index (χ3n) is 2.59. The minimum atomic E-state index is 0.514.